The molecule has 4 aromatic rings. The van der Waals surface area contributed by atoms with Gasteiger partial charge in [0, 0.05) is 44.5 Å². The summed E-state index contributed by atoms with van der Waals surface area (Å²) in [5.74, 6) is 3.04. The van der Waals surface area contributed by atoms with Crippen molar-refractivity contribution in [2.24, 2.45) is 0 Å². The van der Waals surface area contributed by atoms with Gasteiger partial charge in [0.15, 0.2) is 0 Å². The molecule has 59 heavy (non-hydrogen) atoms. The lowest BCUT2D eigenvalue weighted by molar-refractivity contribution is -0.134. The maximum Gasteiger partial charge on any atom is 0.337 e. The van der Waals surface area contributed by atoms with Gasteiger partial charge in [-0.3, -0.25) is 0 Å². The van der Waals surface area contributed by atoms with E-state index in [1.54, 1.807) is 62.4 Å². The lowest BCUT2D eigenvalue weighted by Gasteiger charge is -2.15. The molecule has 4 rings (SSSR count). The molecule has 0 fully saturated rings. The van der Waals surface area contributed by atoms with Gasteiger partial charge in [0.2, 0.25) is 0 Å². The summed E-state index contributed by atoms with van der Waals surface area (Å²) < 4.78 is 37.0. The highest BCUT2D eigenvalue weighted by Crippen LogP contribution is 2.35. The summed E-state index contributed by atoms with van der Waals surface area (Å²) in [6.07, 6.45) is 11.0. The smallest absolute Gasteiger partial charge is 0.337 e. The fourth-order valence-electron chi connectivity index (χ4n) is 4.95. The van der Waals surface area contributed by atoms with Crippen LogP contribution in [0.15, 0.2) is 153 Å². The summed E-state index contributed by atoms with van der Waals surface area (Å²) in [6.45, 7) is 20.4. The van der Waals surface area contributed by atoms with E-state index in [9.17, 15) is 19.2 Å². The van der Waals surface area contributed by atoms with E-state index in [1.165, 1.54) is 44.6 Å². The van der Waals surface area contributed by atoms with Crippen LogP contribution in [0.25, 0.3) is 46.6 Å². The first-order chi connectivity index (χ1) is 28.1. The Labute approximate surface area is 343 Å². The van der Waals surface area contributed by atoms with Gasteiger partial charge in [-0.2, -0.15) is 0 Å². The molecule has 0 heterocycles. The molecular formula is C50H41FO8. The number of benzene rings is 4. The zero-order chi connectivity index (χ0) is 43.1. The van der Waals surface area contributed by atoms with Crippen molar-refractivity contribution >= 4 is 48.2 Å². The predicted molar refractivity (Wildman–Crippen MR) is 229 cm³/mol. The van der Waals surface area contributed by atoms with Crippen LogP contribution >= 0.6 is 0 Å². The van der Waals surface area contributed by atoms with Crippen molar-refractivity contribution in [3.8, 4) is 34.1 Å². The Morgan fingerprint density at radius 3 is 1.27 bits per heavy atom. The van der Waals surface area contributed by atoms with Gasteiger partial charge in [0.05, 0.1) is 25.0 Å². The van der Waals surface area contributed by atoms with E-state index in [2.05, 4.69) is 38.2 Å². The van der Waals surface area contributed by atoms with E-state index in [0.717, 1.165) is 34.8 Å². The Morgan fingerprint density at radius 2 is 0.847 bits per heavy atom. The van der Waals surface area contributed by atoms with Crippen molar-refractivity contribution in [1.82, 2.24) is 0 Å². The lowest BCUT2D eigenvalue weighted by atomic mass is 9.90. The first-order valence-electron chi connectivity index (χ1n) is 18.0. The number of hydrogen-bond donors (Lipinski definition) is 0. The van der Waals surface area contributed by atoms with Crippen LogP contribution in [0.4, 0.5) is 4.39 Å². The number of esters is 4. The molecule has 0 radical (unpaired) electrons. The molecule has 0 spiro atoms. The molecule has 0 aromatic heterocycles. The summed E-state index contributed by atoms with van der Waals surface area (Å²) in [5, 5.41) is 0. The highest BCUT2D eigenvalue weighted by atomic mass is 19.1. The lowest BCUT2D eigenvalue weighted by Crippen LogP contribution is -2.01. The minimum absolute atomic E-state index is 0.156. The number of ether oxygens (including phenoxy) is 4. The molecule has 0 saturated carbocycles. The van der Waals surface area contributed by atoms with Crippen molar-refractivity contribution in [1.29, 1.82) is 0 Å². The molecule has 0 N–H and O–H groups in total. The van der Waals surface area contributed by atoms with Gasteiger partial charge in [0.1, 0.15) is 5.82 Å². The van der Waals surface area contributed by atoms with E-state index in [-0.39, 0.29) is 33.4 Å². The molecule has 0 saturated heterocycles. The Balaban J connectivity index is 1.78. The minimum Gasteiger partial charge on any atom is -0.431 e. The van der Waals surface area contributed by atoms with Crippen LogP contribution in [0.5, 0.6) is 0 Å². The van der Waals surface area contributed by atoms with Crippen LogP contribution in [-0.2, 0) is 38.1 Å². The van der Waals surface area contributed by atoms with Crippen LogP contribution in [0.3, 0.4) is 0 Å². The average Bonchev–Trinajstić information content (AvgIpc) is 3.21. The highest BCUT2D eigenvalue weighted by Gasteiger charge is 2.18. The Hall–Kier alpha value is -7.83. The molecule has 0 bridgehead atoms. The number of hydrogen-bond acceptors (Lipinski definition) is 8. The zero-order valence-corrected chi connectivity index (χ0v) is 33.1. The van der Waals surface area contributed by atoms with E-state index < -0.39 is 29.7 Å². The normalized spacial score (nSPS) is 10.9. The third-order valence-corrected chi connectivity index (χ3v) is 8.11. The van der Waals surface area contributed by atoms with Gasteiger partial charge in [-0.05, 0) is 104 Å². The maximum absolute atomic E-state index is 16.5. The Morgan fingerprint density at radius 1 is 0.492 bits per heavy atom. The molecule has 0 amide bonds. The molecule has 0 aliphatic heterocycles. The standard InChI is InChI=1S/C50H41FO8/c1-32(2)47(52)56-27-23-37-11-9-36(10-12-37)15-18-42-31-45(51)46(44(26-30-59-50(55)35(7)8)43(42)25-29-58-49(54)34(5)6)41-21-19-40(20-22-41)39-16-13-38(14-17-39)24-28-57-48(53)33(3)4/h9-14,16-17,19-31H,1,3,5,7H2,2,4,6,8H3. The Bertz CT molecular complexity index is 2500. The summed E-state index contributed by atoms with van der Waals surface area (Å²) in [4.78, 5) is 47.9. The quantitative estimate of drug-likeness (QED) is 0.0409. The molecule has 0 atom stereocenters. The van der Waals surface area contributed by atoms with Gasteiger partial charge in [0.25, 0.3) is 0 Å². The van der Waals surface area contributed by atoms with E-state index in [1.807, 2.05) is 36.4 Å². The molecule has 296 valence electrons. The molecular weight excluding hydrogens is 748 g/mol. The van der Waals surface area contributed by atoms with Crippen molar-refractivity contribution in [3.05, 3.63) is 192 Å². The number of carbonyl (C=O) groups is 4. The van der Waals surface area contributed by atoms with E-state index in [4.69, 9.17) is 18.9 Å². The van der Waals surface area contributed by atoms with Crippen LogP contribution in [0.2, 0.25) is 0 Å². The summed E-state index contributed by atoms with van der Waals surface area (Å²) in [6, 6.07) is 23.0. The van der Waals surface area contributed by atoms with Crippen molar-refractivity contribution < 1.29 is 42.5 Å². The van der Waals surface area contributed by atoms with Gasteiger partial charge in [-0.15, -0.1) is 0 Å². The molecule has 9 heteroatoms. The van der Waals surface area contributed by atoms with Crippen molar-refractivity contribution in [2.45, 2.75) is 27.7 Å². The second-order valence-electron chi connectivity index (χ2n) is 13.1. The van der Waals surface area contributed by atoms with Gasteiger partial charge in [-0.1, -0.05) is 98.8 Å². The molecule has 0 aliphatic carbocycles. The zero-order valence-electron chi connectivity index (χ0n) is 33.1. The summed E-state index contributed by atoms with van der Waals surface area (Å²) in [7, 11) is 0. The van der Waals surface area contributed by atoms with Crippen LogP contribution in [-0.4, -0.2) is 23.9 Å². The van der Waals surface area contributed by atoms with E-state index in [0.29, 0.717) is 22.3 Å². The average molecular weight is 789 g/mol. The van der Waals surface area contributed by atoms with Crippen molar-refractivity contribution in [3.63, 3.8) is 0 Å². The third kappa shape index (κ3) is 12.9. The monoisotopic (exact) mass is 788 g/mol. The first-order valence-corrected chi connectivity index (χ1v) is 18.0. The Kier molecular flexibility index (Phi) is 15.6. The summed E-state index contributed by atoms with van der Waals surface area (Å²) >= 11 is 0. The fraction of sp³-hybridized carbons (Fsp3) is 0.0800. The number of carbonyl (C=O) groups excluding carboxylic acids is 4. The minimum atomic E-state index is -0.683. The SMILES string of the molecule is C=C(C)C(=O)OC=Cc1ccc(C#Cc2cc(F)c(-c3ccc(-c4ccc(C=COC(=O)C(=C)C)cc4)cc3)c(C=COC(=O)C(=C)C)c2C=COC(=O)C(=C)C)cc1. The second-order valence-corrected chi connectivity index (χ2v) is 13.1. The molecule has 0 aliphatic rings. The van der Waals surface area contributed by atoms with Crippen molar-refractivity contribution in [2.75, 3.05) is 0 Å². The van der Waals surface area contributed by atoms with Gasteiger partial charge in [-0.25, -0.2) is 23.6 Å². The van der Waals surface area contributed by atoms with Gasteiger partial charge >= 0.3 is 23.9 Å². The fourth-order valence-corrected chi connectivity index (χ4v) is 4.95. The van der Waals surface area contributed by atoms with E-state index >= 15 is 4.39 Å². The number of halogens is 1. The first kappa shape index (κ1) is 43.9. The molecule has 4 aromatic carbocycles. The highest BCUT2D eigenvalue weighted by molar-refractivity contribution is 5.90. The summed E-state index contributed by atoms with van der Waals surface area (Å²) in [5.41, 5.74) is 6.24. The third-order valence-electron chi connectivity index (χ3n) is 8.11. The van der Waals surface area contributed by atoms with Crippen LogP contribution < -0.4 is 0 Å². The largest absolute Gasteiger partial charge is 0.431 e. The van der Waals surface area contributed by atoms with Gasteiger partial charge < -0.3 is 18.9 Å². The van der Waals surface area contributed by atoms with Crippen LogP contribution in [0, 0.1) is 17.7 Å². The van der Waals surface area contributed by atoms with Crippen LogP contribution in [0.1, 0.15) is 61.1 Å². The predicted octanol–water partition coefficient (Wildman–Crippen LogP) is 10.9. The molecule has 8 nitrogen and oxygen atoms in total. The molecule has 0 unspecified atom stereocenters. The second kappa shape index (κ2) is 20.9. The topological polar surface area (TPSA) is 105 Å². The maximum atomic E-state index is 16.5. The number of rotatable bonds is 14.